The second-order valence-electron chi connectivity index (χ2n) is 4.78. The predicted octanol–water partition coefficient (Wildman–Crippen LogP) is 1.72. The smallest absolute Gasteiger partial charge is 0.293 e. The Balaban J connectivity index is 2.83. The van der Waals surface area contributed by atoms with Crippen molar-refractivity contribution in [1.82, 2.24) is 9.55 Å². The van der Waals surface area contributed by atoms with Gasteiger partial charge in [-0.15, -0.1) is 0 Å². The SMILES string of the molecule is CCn1ccnc(NCC(C)(C)C)c1=O. The standard InChI is InChI=1S/C11H19N3O/c1-5-14-7-6-12-9(10(14)15)13-8-11(2,3)4/h6-7H,5,8H2,1-4H3,(H,12,13). The maximum atomic E-state index is 11.8. The molecule has 0 atom stereocenters. The second kappa shape index (κ2) is 4.47. The Hall–Kier alpha value is -1.32. The number of hydrogen-bond acceptors (Lipinski definition) is 3. The van der Waals surface area contributed by atoms with Crippen molar-refractivity contribution >= 4 is 5.82 Å². The average Bonchev–Trinajstić information content (AvgIpc) is 2.15. The van der Waals surface area contributed by atoms with E-state index >= 15 is 0 Å². The summed E-state index contributed by atoms with van der Waals surface area (Å²) in [4.78, 5) is 15.8. The summed E-state index contributed by atoms with van der Waals surface area (Å²) in [5, 5.41) is 3.08. The van der Waals surface area contributed by atoms with Crippen LogP contribution in [0.2, 0.25) is 0 Å². The van der Waals surface area contributed by atoms with Crippen LogP contribution in [0.5, 0.6) is 0 Å². The van der Waals surface area contributed by atoms with Crippen molar-refractivity contribution in [2.75, 3.05) is 11.9 Å². The number of nitrogens with one attached hydrogen (secondary N) is 1. The van der Waals surface area contributed by atoms with Gasteiger partial charge in [-0.3, -0.25) is 4.79 Å². The number of rotatable bonds is 3. The molecule has 0 bridgehead atoms. The summed E-state index contributed by atoms with van der Waals surface area (Å²) in [6.07, 6.45) is 3.35. The van der Waals surface area contributed by atoms with Crippen molar-refractivity contribution in [3.63, 3.8) is 0 Å². The predicted molar refractivity (Wildman–Crippen MR) is 62.1 cm³/mol. The zero-order valence-electron chi connectivity index (χ0n) is 9.87. The van der Waals surface area contributed by atoms with Crippen molar-refractivity contribution in [3.8, 4) is 0 Å². The van der Waals surface area contributed by atoms with Crippen LogP contribution in [0.4, 0.5) is 5.82 Å². The lowest BCUT2D eigenvalue weighted by Gasteiger charge is -2.18. The highest BCUT2D eigenvalue weighted by atomic mass is 16.1. The molecule has 0 saturated carbocycles. The summed E-state index contributed by atoms with van der Waals surface area (Å²) in [6.45, 7) is 9.69. The summed E-state index contributed by atoms with van der Waals surface area (Å²) in [5.74, 6) is 0.439. The number of anilines is 1. The monoisotopic (exact) mass is 209 g/mol. The van der Waals surface area contributed by atoms with E-state index in [2.05, 4.69) is 31.1 Å². The van der Waals surface area contributed by atoms with E-state index in [0.717, 1.165) is 6.54 Å². The average molecular weight is 209 g/mol. The minimum atomic E-state index is -0.0516. The van der Waals surface area contributed by atoms with Gasteiger partial charge in [0, 0.05) is 25.5 Å². The molecule has 0 fully saturated rings. The zero-order chi connectivity index (χ0) is 11.5. The maximum Gasteiger partial charge on any atom is 0.293 e. The summed E-state index contributed by atoms with van der Waals surface area (Å²) >= 11 is 0. The van der Waals surface area contributed by atoms with Gasteiger partial charge < -0.3 is 9.88 Å². The van der Waals surface area contributed by atoms with E-state index in [-0.39, 0.29) is 11.0 Å². The van der Waals surface area contributed by atoms with Gasteiger partial charge in [0.1, 0.15) is 0 Å². The molecule has 0 aliphatic heterocycles. The molecule has 0 aromatic carbocycles. The molecule has 0 unspecified atom stereocenters. The summed E-state index contributed by atoms with van der Waals surface area (Å²) in [7, 11) is 0. The lowest BCUT2D eigenvalue weighted by Crippen LogP contribution is -2.27. The molecule has 1 aromatic rings. The van der Waals surface area contributed by atoms with E-state index < -0.39 is 0 Å². The van der Waals surface area contributed by atoms with E-state index in [0.29, 0.717) is 12.4 Å². The van der Waals surface area contributed by atoms with Gasteiger partial charge in [-0.2, -0.15) is 0 Å². The van der Waals surface area contributed by atoms with E-state index in [4.69, 9.17) is 0 Å². The van der Waals surface area contributed by atoms with Gasteiger partial charge in [0.05, 0.1) is 0 Å². The molecule has 0 radical (unpaired) electrons. The van der Waals surface area contributed by atoms with Crippen molar-refractivity contribution in [1.29, 1.82) is 0 Å². The van der Waals surface area contributed by atoms with E-state index in [9.17, 15) is 4.79 Å². The third-order valence-electron chi connectivity index (χ3n) is 2.04. The van der Waals surface area contributed by atoms with Crippen LogP contribution in [0, 0.1) is 5.41 Å². The number of nitrogens with zero attached hydrogens (tertiary/aromatic N) is 2. The fourth-order valence-electron chi connectivity index (χ4n) is 1.17. The van der Waals surface area contributed by atoms with Crippen molar-refractivity contribution in [2.24, 2.45) is 5.41 Å². The Labute approximate surface area is 90.3 Å². The number of hydrogen-bond donors (Lipinski definition) is 1. The van der Waals surface area contributed by atoms with Gasteiger partial charge in [-0.1, -0.05) is 20.8 Å². The molecule has 4 nitrogen and oxygen atoms in total. The Morgan fingerprint density at radius 2 is 2.13 bits per heavy atom. The van der Waals surface area contributed by atoms with E-state index in [1.165, 1.54) is 0 Å². The quantitative estimate of drug-likeness (QED) is 0.824. The van der Waals surface area contributed by atoms with Crippen LogP contribution in [0.15, 0.2) is 17.2 Å². The third-order valence-corrected chi connectivity index (χ3v) is 2.04. The molecule has 1 aromatic heterocycles. The Bertz CT molecular complexity index is 376. The van der Waals surface area contributed by atoms with Gasteiger partial charge in [0.2, 0.25) is 0 Å². The van der Waals surface area contributed by atoms with Crippen LogP contribution in [0.3, 0.4) is 0 Å². The molecular weight excluding hydrogens is 190 g/mol. The van der Waals surface area contributed by atoms with E-state index in [1.807, 2.05) is 6.92 Å². The van der Waals surface area contributed by atoms with Crippen LogP contribution >= 0.6 is 0 Å². The molecular formula is C11H19N3O. The van der Waals surface area contributed by atoms with Crippen LogP contribution in [-0.2, 0) is 6.54 Å². The Kier molecular flexibility index (Phi) is 3.50. The first-order chi connectivity index (χ1) is 6.94. The third kappa shape index (κ3) is 3.38. The van der Waals surface area contributed by atoms with Gasteiger partial charge in [0.25, 0.3) is 5.56 Å². The van der Waals surface area contributed by atoms with Crippen LogP contribution in [-0.4, -0.2) is 16.1 Å². The van der Waals surface area contributed by atoms with Crippen molar-refractivity contribution in [2.45, 2.75) is 34.2 Å². The maximum absolute atomic E-state index is 11.8. The van der Waals surface area contributed by atoms with Gasteiger partial charge in [0.15, 0.2) is 5.82 Å². The Morgan fingerprint density at radius 1 is 1.47 bits per heavy atom. The lowest BCUT2D eigenvalue weighted by atomic mass is 9.97. The lowest BCUT2D eigenvalue weighted by molar-refractivity contribution is 0.442. The largest absolute Gasteiger partial charge is 0.365 e. The first-order valence-electron chi connectivity index (χ1n) is 5.23. The Morgan fingerprint density at radius 3 is 2.67 bits per heavy atom. The normalized spacial score (nSPS) is 11.5. The first-order valence-corrected chi connectivity index (χ1v) is 5.23. The molecule has 1 rings (SSSR count). The van der Waals surface area contributed by atoms with Crippen LogP contribution in [0.1, 0.15) is 27.7 Å². The molecule has 0 spiro atoms. The minimum Gasteiger partial charge on any atom is -0.365 e. The fraction of sp³-hybridized carbons (Fsp3) is 0.636. The van der Waals surface area contributed by atoms with Crippen molar-refractivity contribution < 1.29 is 0 Å². The van der Waals surface area contributed by atoms with Crippen LogP contribution in [0.25, 0.3) is 0 Å². The molecule has 0 aliphatic carbocycles. The molecule has 0 aliphatic rings. The minimum absolute atomic E-state index is 0.0516. The summed E-state index contributed by atoms with van der Waals surface area (Å²) in [6, 6.07) is 0. The highest BCUT2D eigenvalue weighted by Crippen LogP contribution is 2.12. The second-order valence-corrected chi connectivity index (χ2v) is 4.78. The fourth-order valence-corrected chi connectivity index (χ4v) is 1.17. The van der Waals surface area contributed by atoms with Gasteiger partial charge in [-0.25, -0.2) is 4.98 Å². The topological polar surface area (TPSA) is 46.9 Å². The van der Waals surface area contributed by atoms with Gasteiger partial charge >= 0.3 is 0 Å². The molecule has 15 heavy (non-hydrogen) atoms. The molecule has 4 heteroatoms. The highest BCUT2D eigenvalue weighted by molar-refractivity contribution is 5.30. The molecule has 1 N–H and O–H groups in total. The number of aryl methyl sites for hydroxylation is 1. The summed E-state index contributed by atoms with van der Waals surface area (Å²) in [5.41, 5.74) is 0.0883. The van der Waals surface area contributed by atoms with Gasteiger partial charge in [-0.05, 0) is 12.3 Å². The number of aromatic nitrogens is 2. The molecule has 0 saturated heterocycles. The molecule has 84 valence electrons. The molecule has 0 amide bonds. The first kappa shape index (κ1) is 11.8. The molecule has 1 heterocycles. The summed E-state index contributed by atoms with van der Waals surface area (Å²) < 4.78 is 1.64. The zero-order valence-corrected chi connectivity index (χ0v) is 9.87. The van der Waals surface area contributed by atoms with E-state index in [1.54, 1.807) is 17.0 Å². The van der Waals surface area contributed by atoms with Crippen LogP contribution < -0.4 is 10.9 Å². The highest BCUT2D eigenvalue weighted by Gasteiger charge is 2.11. The van der Waals surface area contributed by atoms with Crippen molar-refractivity contribution in [3.05, 3.63) is 22.7 Å².